The van der Waals surface area contributed by atoms with Crippen LogP contribution in [0.3, 0.4) is 0 Å². The SMILES string of the molecule is O=C1CN(Cc2ccc(C#CCO)cc2)CCN1CCc1ccccc1. The van der Waals surface area contributed by atoms with Crippen molar-refractivity contribution in [2.45, 2.75) is 13.0 Å². The number of aliphatic hydroxyl groups excluding tert-OH is 1. The van der Waals surface area contributed by atoms with Crippen molar-refractivity contribution in [3.63, 3.8) is 0 Å². The van der Waals surface area contributed by atoms with Gasteiger partial charge in [0.2, 0.25) is 5.91 Å². The summed E-state index contributed by atoms with van der Waals surface area (Å²) in [5.41, 5.74) is 3.34. The molecule has 0 unspecified atom stereocenters. The van der Waals surface area contributed by atoms with Gasteiger partial charge in [0.15, 0.2) is 0 Å². The van der Waals surface area contributed by atoms with Crippen LogP contribution in [0.2, 0.25) is 0 Å². The lowest BCUT2D eigenvalue weighted by Crippen LogP contribution is -2.50. The van der Waals surface area contributed by atoms with E-state index < -0.39 is 0 Å². The third-order valence-electron chi connectivity index (χ3n) is 4.58. The molecule has 3 rings (SSSR count). The lowest BCUT2D eigenvalue weighted by Gasteiger charge is -2.34. The van der Waals surface area contributed by atoms with Crippen molar-refractivity contribution >= 4 is 5.91 Å². The molecule has 4 nitrogen and oxygen atoms in total. The summed E-state index contributed by atoms with van der Waals surface area (Å²) >= 11 is 0. The van der Waals surface area contributed by atoms with E-state index in [1.165, 1.54) is 11.1 Å². The number of nitrogens with zero attached hydrogens (tertiary/aromatic N) is 2. The fourth-order valence-electron chi connectivity index (χ4n) is 3.13. The van der Waals surface area contributed by atoms with Gasteiger partial charge in [0.25, 0.3) is 0 Å². The summed E-state index contributed by atoms with van der Waals surface area (Å²) in [6.07, 6.45) is 0.906. The number of carbonyl (C=O) groups excluding carboxylic acids is 1. The van der Waals surface area contributed by atoms with Gasteiger partial charge in [-0.15, -0.1) is 0 Å². The summed E-state index contributed by atoms with van der Waals surface area (Å²) in [4.78, 5) is 16.6. The Bertz CT molecular complexity index is 775. The van der Waals surface area contributed by atoms with Crippen molar-refractivity contribution in [2.75, 3.05) is 32.8 Å². The Balaban J connectivity index is 1.48. The predicted octanol–water partition coefficient (Wildman–Crippen LogP) is 1.92. The van der Waals surface area contributed by atoms with Crippen LogP contribution in [0.15, 0.2) is 54.6 Å². The van der Waals surface area contributed by atoms with Gasteiger partial charge in [-0.05, 0) is 29.7 Å². The summed E-state index contributed by atoms with van der Waals surface area (Å²) in [6, 6.07) is 18.3. The van der Waals surface area contributed by atoms with Crippen molar-refractivity contribution in [1.82, 2.24) is 9.80 Å². The Morgan fingerprint density at radius 1 is 0.962 bits per heavy atom. The summed E-state index contributed by atoms with van der Waals surface area (Å²) in [5, 5.41) is 8.73. The minimum absolute atomic E-state index is 0.127. The van der Waals surface area contributed by atoms with E-state index >= 15 is 0 Å². The first-order valence-electron chi connectivity index (χ1n) is 8.97. The van der Waals surface area contributed by atoms with Crippen LogP contribution in [0.4, 0.5) is 0 Å². The van der Waals surface area contributed by atoms with Crippen LogP contribution in [0.1, 0.15) is 16.7 Å². The number of carbonyl (C=O) groups is 1. The van der Waals surface area contributed by atoms with Gasteiger partial charge < -0.3 is 10.0 Å². The van der Waals surface area contributed by atoms with Gasteiger partial charge >= 0.3 is 0 Å². The average Bonchev–Trinajstić information content (AvgIpc) is 2.68. The number of hydrogen-bond donors (Lipinski definition) is 1. The summed E-state index contributed by atoms with van der Waals surface area (Å²) < 4.78 is 0. The van der Waals surface area contributed by atoms with E-state index in [9.17, 15) is 4.79 Å². The maximum Gasteiger partial charge on any atom is 0.236 e. The van der Waals surface area contributed by atoms with Crippen LogP contribution >= 0.6 is 0 Å². The molecule has 1 N–H and O–H groups in total. The lowest BCUT2D eigenvalue weighted by atomic mass is 10.1. The zero-order valence-corrected chi connectivity index (χ0v) is 14.9. The molecule has 1 amide bonds. The fraction of sp³-hybridized carbons (Fsp3) is 0.318. The van der Waals surface area contributed by atoms with Gasteiger partial charge in [-0.1, -0.05) is 54.3 Å². The van der Waals surface area contributed by atoms with E-state index in [-0.39, 0.29) is 12.5 Å². The molecule has 0 aromatic heterocycles. The zero-order chi connectivity index (χ0) is 18.2. The fourth-order valence-corrected chi connectivity index (χ4v) is 3.13. The predicted molar refractivity (Wildman–Crippen MR) is 102 cm³/mol. The van der Waals surface area contributed by atoms with Crippen molar-refractivity contribution in [3.8, 4) is 11.8 Å². The first-order chi connectivity index (χ1) is 12.7. The molecule has 1 aliphatic heterocycles. The molecule has 1 fully saturated rings. The average molecular weight is 348 g/mol. The quantitative estimate of drug-likeness (QED) is 0.840. The monoisotopic (exact) mass is 348 g/mol. The molecule has 1 aliphatic rings. The normalized spacial score (nSPS) is 14.8. The zero-order valence-electron chi connectivity index (χ0n) is 14.9. The highest BCUT2D eigenvalue weighted by Crippen LogP contribution is 2.11. The summed E-state index contributed by atoms with van der Waals surface area (Å²) in [6.45, 7) is 3.58. The molecule has 1 saturated heterocycles. The van der Waals surface area contributed by atoms with Gasteiger partial charge in [-0.3, -0.25) is 9.69 Å². The van der Waals surface area contributed by atoms with E-state index in [1.807, 2.05) is 47.4 Å². The third-order valence-corrected chi connectivity index (χ3v) is 4.58. The molecular weight excluding hydrogens is 324 g/mol. The Labute approximate surface area is 155 Å². The lowest BCUT2D eigenvalue weighted by molar-refractivity contribution is -0.136. The van der Waals surface area contributed by atoms with Crippen molar-refractivity contribution in [2.24, 2.45) is 0 Å². The third kappa shape index (κ3) is 5.19. The molecule has 134 valence electrons. The highest BCUT2D eigenvalue weighted by atomic mass is 16.2. The van der Waals surface area contributed by atoms with Crippen LogP contribution in [-0.4, -0.2) is 53.6 Å². The molecule has 1 heterocycles. The second kappa shape index (κ2) is 9.19. The van der Waals surface area contributed by atoms with Crippen LogP contribution in [-0.2, 0) is 17.8 Å². The molecule has 0 saturated carbocycles. The smallest absolute Gasteiger partial charge is 0.236 e. The molecule has 4 heteroatoms. The van der Waals surface area contributed by atoms with Crippen LogP contribution in [0.25, 0.3) is 0 Å². The van der Waals surface area contributed by atoms with Gasteiger partial charge in [0.1, 0.15) is 6.61 Å². The molecule has 0 spiro atoms. The first kappa shape index (κ1) is 18.2. The molecule has 0 bridgehead atoms. The molecule has 0 radical (unpaired) electrons. The van der Waals surface area contributed by atoms with E-state index in [1.54, 1.807) is 0 Å². The molecular formula is C22H24N2O2. The Kier molecular flexibility index (Phi) is 6.43. The maximum atomic E-state index is 12.4. The molecule has 2 aromatic rings. The number of amides is 1. The van der Waals surface area contributed by atoms with Crippen LogP contribution < -0.4 is 0 Å². The second-order valence-corrected chi connectivity index (χ2v) is 6.48. The topological polar surface area (TPSA) is 43.8 Å². The first-order valence-corrected chi connectivity index (χ1v) is 8.97. The number of piperazine rings is 1. The second-order valence-electron chi connectivity index (χ2n) is 6.48. The van der Waals surface area contributed by atoms with Gasteiger partial charge in [-0.2, -0.15) is 0 Å². The van der Waals surface area contributed by atoms with E-state index in [0.717, 1.165) is 38.2 Å². The highest BCUT2D eigenvalue weighted by Gasteiger charge is 2.23. The van der Waals surface area contributed by atoms with E-state index in [2.05, 4.69) is 28.9 Å². The highest BCUT2D eigenvalue weighted by molar-refractivity contribution is 5.79. The maximum absolute atomic E-state index is 12.4. The number of aliphatic hydroxyl groups is 1. The van der Waals surface area contributed by atoms with Crippen molar-refractivity contribution < 1.29 is 9.90 Å². The van der Waals surface area contributed by atoms with Crippen molar-refractivity contribution in [3.05, 3.63) is 71.3 Å². The van der Waals surface area contributed by atoms with Gasteiger partial charge in [0, 0.05) is 31.7 Å². The Hall–Kier alpha value is -2.61. The Morgan fingerprint density at radius 3 is 2.42 bits per heavy atom. The van der Waals surface area contributed by atoms with Crippen LogP contribution in [0.5, 0.6) is 0 Å². The summed E-state index contributed by atoms with van der Waals surface area (Å²) in [7, 11) is 0. The molecule has 2 aromatic carbocycles. The largest absolute Gasteiger partial charge is 0.384 e. The molecule has 0 aliphatic carbocycles. The summed E-state index contributed by atoms with van der Waals surface area (Å²) in [5.74, 6) is 5.74. The number of rotatable bonds is 5. The van der Waals surface area contributed by atoms with Crippen LogP contribution in [0, 0.1) is 11.8 Å². The molecule has 0 atom stereocenters. The minimum atomic E-state index is -0.127. The van der Waals surface area contributed by atoms with Gasteiger partial charge in [0.05, 0.1) is 6.54 Å². The van der Waals surface area contributed by atoms with E-state index in [4.69, 9.17) is 5.11 Å². The number of hydrogen-bond acceptors (Lipinski definition) is 3. The van der Waals surface area contributed by atoms with Crippen molar-refractivity contribution in [1.29, 1.82) is 0 Å². The van der Waals surface area contributed by atoms with E-state index in [0.29, 0.717) is 6.54 Å². The standard InChI is InChI=1S/C22H24N2O2/c25-16-4-7-20-8-10-21(11-9-20)17-23-14-15-24(22(26)18-23)13-12-19-5-2-1-3-6-19/h1-3,5-6,8-11,25H,12-18H2. The molecule has 26 heavy (non-hydrogen) atoms. The van der Waals surface area contributed by atoms with Gasteiger partial charge in [-0.25, -0.2) is 0 Å². The minimum Gasteiger partial charge on any atom is -0.384 e. The number of benzene rings is 2. The Morgan fingerprint density at radius 2 is 1.73 bits per heavy atom.